The molecule has 0 aliphatic carbocycles. The molecule has 0 spiro atoms. The number of hydrogen-bond acceptors (Lipinski definition) is 3. The fourth-order valence-corrected chi connectivity index (χ4v) is 3.45. The summed E-state index contributed by atoms with van der Waals surface area (Å²) >= 11 is 6.07. The molecule has 0 atom stereocenters. The van der Waals surface area contributed by atoms with E-state index in [1.165, 1.54) is 0 Å². The number of halogens is 2. The Kier molecular flexibility index (Phi) is 9.03. The van der Waals surface area contributed by atoms with Gasteiger partial charge in [0.25, 0.3) is 0 Å². The molecule has 1 heterocycles. The van der Waals surface area contributed by atoms with Crippen molar-refractivity contribution in [2.24, 2.45) is 4.99 Å². The third-order valence-corrected chi connectivity index (χ3v) is 4.91. The number of carbonyl (C=O) groups is 1. The molecule has 0 bridgehead atoms. The van der Waals surface area contributed by atoms with E-state index >= 15 is 0 Å². The lowest BCUT2D eigenvalue weighted by Gasteiger charge is -2.28. The Hall–Kier alpha value is -2.00. The van der Waals surface area contributed by atoms with Gasteiger partial charge in [-0.1, -0.05) is 35.9 Å². The fraction of sp³-hybridized carbons (Fsp3) is 0.333. The lowest BCUT2D eigenvalue weighted by atomic mass is 10.2. The smallest absolute Gasteiger partial charge is 0.239 e. The molecule has 1 aliphatic rings. The maximum absolute atomic E-state index is 11.5. The molecule has 1 aliphatic heterocycles. The van der Waals surface area contributed by atoms with Crippen molar-refractivity contribution in [3.8, 4) is 0 Å². The van der Waals surface area contributed by atoms with Crippen molar-refractivity contribution in [1.82, 2.24) is 15.5 Å². The van der Waals surface area contributed by atoms with E-state index in [4.69, 9.17) is 11.6 Å². The summed E-state index contributed by atoms with van der Waals surface area (Å²) in [6, 6.07) is 16.1. The van der Waals surface area contributed by atoms with Crippen LogP contribution in [0.25, 0.3) is 0 Å². The third kappa shape index (κ3) is 6.78. The normalized spacial score (nSPS) is 14.1. The zero-order chi connectivity index (χ0) is 19.9. The van der Waals surface area contributed by atoms with Gasteiger partial charge < -0.3 is 20.4 Å². The number of guanidine groups is 1. The third-order valence-electron chi connectivity index (χ3n) is 4.67. The first-order chi connectivity index (χ1) is 13.5. The lowest BCUT2D eigenvalue weighted by Crippen LogP contribution is -2.47. The van der Waals surface area contributed by atoms with Crippen LogP contribution in [0.5, 0.6) is 0 Å². The fourth-order valence-electron chi connectivity index (χ4n) is 3.23. The van der Waals surface area contributed by atoms with Crippen molar-refractivity contribution in [2.75, 3.05) is 38.6 Å². The molecule has 2 aromatic carbocycles. The van der Waals surface area contributed by atoms with Crippen molar-refractivity contribution in [3.05, 3.63) is 64.7 Å². The highest BCUT2D eigenvalue weighted by Gasteiger charge is 2.16. The largest absolute Gasteiger partial charge is 0.360 e. The van der Waals surface area contributed by atoms with Crippen LogP contribution in [0.4, 0.5) is 5.69 Å². The minimum absolute atomic E-state index is 0. The molecule has 3 rings (SSSR count). The molecular formula is C21H27ClIN5O. The highest BCUT2D eigenvalue weighted by Crippen LogP contribution is 2.16. The highest BCUT2D eigenvalue weighted by atomic mass is 127. The Labute approximate surface area is 194 Å². The van der Waals surface area contributed by atoms with E-state index in [0.29, 0.717) is 19.6 Å². The predicted molar refractivity (Wildman–Crippen MR) is 130 cm³/mol. The molecule has 0 aromatic heterocycles. The van der Waals surface area contributed by atoms with Crippen molar-refractivity contribution in [3.63, 3.8) is 0 Å². The SMILES string of the molecule is CN=C(NCc1ccc(N2CCNC(=O)C2)cc1)N(C)Cc1cccc(Cl)c1.I. The van der Waals surface area contributed by atoms with Gasteiger partial charge in [0.05, 0.1) is 6.54 Å². The van der Waals surface area contributed by atoms with Crippen molar-refractivity contribution >= 4 is 53.1 Å². The highest BCUT2D eigenvalue weighted by molar-refractivity contribution is 14.0. The first-order valence-electron chi connectivity index (χ1n) is 9.32. The molecule has 156 valence electrons. The maximum atomic E-state index is 11.5. The Morgan fingerprint density at radius 2 is 2.00 bits per heavy atom. The molecule has 29 heavy (non-hydrogen) atoms. The summed E-state index contributed by atoms with van der Waals surface area (Å²) in [4.78, 5) is 20.1. The monoisotopic (exact) mass is 527 g/mol. The van der Waals surface area contributed by atoms with Crippen LogP contribution in [0.3, 0.4) is 0 Å². The Morgan fingerprint density at radius 1 is 1.24 bits per heavy atom. The number of nitrogens with zero attached hydrogens (tertiary/aromatic N) is 3. The van der Waals surface area contributed by atoms with Gasteiger partial charge in [0, 0.05) is 51.0 Å². The summed E-state index contributed by atoms with van der Waals surface area (Å²) < 4.78 is 0. The van der Waals surface area contributed by atoms with Gasteiger partial charge >= 0.3 is 0 Å². The average Bonchev–Trinajstić information content (AvgIpc) is 2.69. The second-order valence-electron chi connectivity index (χ2n) is 6.82. The summed E-state index contributed by atoms with van der Waals surface area (Å²) in [6.45, 7) is 3.34. The van der Waals surface area contributed by atoms with E-state index in [9.17, 15) is 4.79 Å². The van der Waals surface area contributed by atoms with Gasteiger partial charge in [-0.25, -0.2) is 0 Å². The first kappa shape index (κ1) is 23.3. The topological polar surface area (TPSA) is 60.0 Å². The second-order valence-corrected chi connectivity index (χ2v) is 7.26. The molecular weight excluding hydrogens is 501 g/mol. The number of benzene rings is 2. The molecule has 0 saturated carbocycles. The predicted octanol–water partition coefficient (Wildman–Crippen LogP) is 3.10. The van der Waals surface area contributed by atoms with Crippen molar-refractivity contribution in [1.29, 1.82) is 0 Å². The summed E-state index contributed by atoms with van der Waals surface area (Å²) in [6.07, 6.45) is 0. The van der Waals surface area contributed by atoms with E-state index in [0.717, 1.165) is 40.9 Å². The van der Waals surface area contributed by atoms with E-state index in [1.54, 1.807) is 7.05 Å². The van der Waals surface area contributed by atoms with Gasteiger partial charge in [-0.3, -0.25) is 9.79 Å². The van der Waals surface area contributed by atoms with Crippen LogP contribution in [-0.2, 0) is 17.9 Å². The van der Waals surface area contributed by atoms with Gasteiger partial charge in [-0.2, -0.15) is 0 Å². The van der Waals surface area contributed by atoms with E-state index < -0.39 is 0 Å². The van der Waals surface area contributed by atoms with Gasteiger partial charge in [0.2, 0.25) is 5.91 Å². The van der Waals surface area contributed by atoms with Crippen molar-refractivity contribution in [2.45, 2.75) is 13.1 Å². The van der Waals surface area contributed by atoms with E-state index in [2.05, 4.69) is 55.8 Å². The van der Waals surface area contributed by atoms with Crippen LogP contribution in [0.2, 0.25) is 5.02 Å². The van der Waals surface area contributed by atoms with Gasteiger partial charge in [0.1, 0.15) is 0 Å². The summed E-state index contributed by atoms with van der Waals surface area (Å²) in [7, 11) is 3.78. The van der Waals surface area contributed by atoms with Gasteiger partial charge in [-0.05, 0) is 35.4 Å². The van der Waals surface area contributed by atoms with Gasteiger partial charge in [0.15, 0.2) is 5.96 Å². The van der Waals surface area contributed by atoms with Crippen LogP contribution in [-0.4, -0.2) is 50.5 Å². The summed E-state index contributed by atoms with van der Waals surface area (Å²) in [5.41, 5.74) is 3.36. The van der Waals surface area contributed by atoms with Crippen LogP contribution < -0.4 is 15.5 Å². The molecule has 6 nitrogen and oxygen atoms in total. The molecule has 1 amide bonds. The number of piperazine rings is 1. The number of carbonyl (C=O) groups excluding carboxylic acids is 1. The van der Waals surface area contributed by atoms with Gasteiger partial charge in [-0.15, -0.1) is 24.0 Å². The first-order valence-corrected chi connectivity index (χ1v) is 9.70. The Bertz CT molecular complexity index is 843. The van der Waals surface area contributed by atoms with E-state index in [1.807, 2.05) is 25.2 Å². The number of amides is 1. The molecule has 0 radical (unpaired) electrons. The summed E-state index contributed by atoms with van der Waals surface area (Å²) in [5, 5.41) is 6.98. The second kappa shape index (κ2) is 11.3. The zero-order valence-electron chi connectivity index (χ0n) is 16.7. The van der Waals surface area contributed by atoms with Crippen LogP contribution in [0, 0.1) is 0 Å². The molecule has 0 unspecified atom stereocenters. The molecule has 2 aromatic rings. The number of nitrogens with one attached hydrogen (secondary N) is 2. The van der Waals surface area contributed by atoms with Crippen LogP contribution >= 0.6 is 35.6 Å². The summed E-state index contributed by atoms with van der Waals surface area (Å²) in [5.74, 6) is 0.889. The minimum atomic E-state index is 0. The molecule has 2 N–H and O–H groups in total. The number of rotatable bonds is 5. The molecule has 1 fully saturated rings. The lowest BCUT2D eigenvalue weighted by molar-refractivity contribution is -0.120. The Morgan fingerprint density at radius 3 is 2.66 bits per heavy atom. The van der Waals surface area contributed by atoms with Crippen LogP contribution in [0.1, 0.15) is 11.1 Å². The van der Waals surface area contributed by atoms with Crippen LogP contribution in [0.15, 0.2) is 53.5 Å². The average molecular weight is 528 g/mol. The van der Waals surface area contributed by atoms with Crippen molar-refractivity contribution < 1.29 is 4.79 Å². The molecule has 1 saturated heterocycles. The standard InChI is InChI=1S/C21H26ClN5O.HI/c1-23-21(26(2)14-17-4-3-5-18(22)12-17)25-13-16-6-8-19(9-7-16)27-11-10-24-20(28)15-27;/h3-9,12H,10-11,13-15H2,1-2H3,(H,23,25)(H,24,28);1H. The Balaban J connectivity index is 0.00000300. The molecule has 8 heteroatoms. The number of hydrogen-bond donors (Lipinski definition) is 2. The number of aliphatic imine (C=N–C) groups is 1. The van der Waals surface area contributed by atoms with E-state index in [-0.39, 0.29) is 29.9 Å². The quantitative estimate of drug-likeness (QED) is 0.356. The number of anilines is 1. The minimum Gasteiger partial charge on any atom is -0.360 e. The maximum Gasteiger partial charge on any atom is 0.239 e. The zero-order valence-corrected chi connectivity index (χ0v) is 19.8.